The number of hydrogen-bond donors (Lipinski definition) is 1. The van der Waals surface area contributed by atoms with Crippen molar-refractivity contribution in [1.82, 2.24) is 0 Å². The van der Waals surface area contributed by atoms with Crippen LogP contribution in [0.1, 0.15) is 85.5 Å². The number of nitrogens with zero attached hydrogens (tertiary/aromatic N) is 1. The summed E-state index contributed by atoms with van der Waals surface area (Å²) in [5.74, 6) is 4.20. The third-order valence-electron chi connectivity index (χ3n) is 9.81. The van der Waals surface area contributed by atoms with E-state index in [-0.39, 0.29) is 11.3 Å². The smallest absolute Gasteiger partial charge is 0.0661 e. The number of rotatable bonds is 1. The maximum Gasteiger partial charge on any atom is 0.0661 e. The predicted octanol–water partition coefficient (Wildman–Crippen LogP) is 5.56. The summed E-state index contributed by atoms with van der Waals surface area (Å²) in [7, 11) is 0. The van der Waals surface area contributed by atoms with Gasteiger partial charge in [0.1, 0.15) is 0 Å². The molecule has 25 heavy (non-hydrogen) atoms. The largest absolute Gasteiger partial charge is 0.390 e. The topological polar surface area (TPSA) is 44.0 Å². The molecule has 2 nitrogen and oxygen atoms in total. The molecule has 0 aromatic rings. The molecule has 0 amide bonds. The van der Waals surface area contributed by atoms with Crippen LogP contribution in [0.4, 0.5) is 0 Å². The first kappa shape index (κ1) is 17.8. The minimum absolute atomic E-state index is 0.271. The summed E-state index contributed by atoms with van der Waals surface area (Å²) in [4.78, 5) is 0. The SMILES string of the molecule is CC[C@@H]1C[C@H]2C[C@](C)(O)CC[C@]2(C)[C@H]2CC[C@]3(C)[C@@H](C#N)CC[C@H]3[C@H]12. The molecule has 0 aromatic carbocycles. The maximum absolute atomic E-state index is 10.7. The zero-order chi connectivity index (χ0) is 18.0. The van der Waals surface area contributed by atoms with Gasteiger partial charge in [-0.25, -0.2) is 0 Å². The van der Waals surface area contributed by atoms with Gasteiger partial charge in [0, 0.05) is 0 Å². The lowest BCUT2D eigenvalue weighted by Crippen LogP contribution is -2.58. The standard InChI is InChI=1S/C23H37NO/c1-5-15-12-17-13-21(2,25)10-11-23(17,4)19-8-9-22(3)16(14-24)6-7-18(22)20(15)19/h15-20,25H,5-13H2,1-4H3/t15-,16-,17+,18+,19+,20+,21-,22-,23+/m1/s1. The Balaban J connectivity index is 1.69. The van der Waals surface area contributed by atoms with Gasteiger partial charge in [0.25, 0.3) is 0 Å². The molecule has 0 bridgehead atoms. The summed E-state index contributed by atoms with van der Waals surface area (Å²) in [6, 6.07) is 2.68. The fraction of sp³-hybridized carbons (Fsp3) is 0.957. The first-order valence-corrected chi connectivity index (χ1v) is 10.9. The van der Waals surface area contributed by atoms with Crippen LogP contribution in [-0.2, 0) is 0 Å². The fourth-order valence-electron chi connectivity index (χ4n) is 8.24. The van der Waals surface area contributed by atoms with Gasteiger partial charge in [0.05, 0.1) is 17.6 Å². The Morgan fingerprint density at radius 3 is 2.40 bits per heavy atom. The maximum atomic E-state index is 10.7. The van der Waals surface area contributed by atoms with Crippen LogP contribution in [0.15, 0.2) is 0 Å². The Labute approximate surface area is 154 Å². The summed E-state index contributed by atoms with van der Waals surface area (Å²) in [6.45, 7) is 9.46. The molecular weight excluding hydrogens is 306 g/mol. The molecule has 9 atom stereocenters. The van der Waals surface area contributed by atoms with E-state index >= 15 is 0 Å². The van der Waals surface area contributed by atoms with Gasteiger partial charge in [-0.15, -0.1) is 0 Å². The monoisotopic (exact) mass is 343 g/mol. The van der Waals surface area contributed by atoms with Gasteiger partial charge < -0.3 is 5.11 Å². The number of fused-ring (bicyclic) bond motifs is 5. The lowest BCUT2D eigenvalue weighted by Gasteiger charge is -2.64. The van der Waals surface area contributed by atoms with Crippen LogP contribution in [0, 0.1) is 57.7 Å². The molecule has 4 saturated carbocycles. The molecule has 0 aliphatic heterocycles. The molecule has 0 spiro atoms. The molecule has 0 radical (unpaired) electrons. The van der Waals surface area contributed by atoms with Crippen molar-refractivity contribution in [1.29, 1.82) is 5.26 Å². The Hall–Kier alpha value is -0.550. The van der Waals surface area contributed by atoms with Crippen LogP contribution < -0.4 is 0 Å². The summed E-state index contributed by atoms with van der Waals surface area (Å²) in [5.41, 5.74) is 0.245. The Bertz CT molecular complexity index is 577. The molecule has 1 N–H and O–H groups in total. The van der Waals surface area contributed by atoms with Crippen molar-refractivity contribution in [3.05, 3.63) is 0 Å². The summed E-state index contributed by atoms with van der Waals surface area (Å²) in [5, 5.41) is 20.4. The van der Waals surface area contributed by atoms with Gasteiger partial charge in [0.15, 0.2) is 0 Å². The zero-order valence-corrected chi connectivity index (χ0v) is 16.7. The molecule has 4 aliphatic carbocycles. The fourth-order valence-corrected chi connectivity index (χ4v) is 8.24. The number of nitriles is 1. The van der Waals surface area contributed by atoms with Crippen molar-refractivity contribution < 1.29 is 5.11 Å². The Kier molecular flexibility index (Phi) is 4.08. The molecule has 0 aromatic heterocycles. The first-order chi connectivity index (χ1) is 11.7. The van der Waals surface area contributed by atoms with Crippen LogP contribution in [0.2, 0.25) is 0 Å². The van der Waals surface area contributed by atoms with Crippen LogP contribution in [0.5, 0.6) is 0 Å². The first-order valence-electron chi connectivity index (χ1n) is 10.9. The highest BCUT2D eigenvalue weighted by Gasteiger charge is 2.62. The Morgan fingerprint density at radius 2 is 1.72 bits per heavy atom. The average molecular weight is 344 g/mol. The third-order valence-corrected chi connectivity index (χ3v) is 9.81. The molecule has 0 saturated heterocycles. The van der Waals surface area contributed by atoms with E-state index in [0.717, 1.165) is 42.9 Å². The molecule has 4 fully saturated rings. The van der Waals surface area contributed by atoms with Crippen LogP contribution in [-0.4, -0.2) is 10.7 Å². The van der Waals surface area contributed by atoms with Crippen molar-refractivity contribution in [2.24, 2.45) is 46.3 Å². The molecular formula is C23H37NO. The highest BCUT2D eigenvalue weighted by Crippen LogP contribution is 2.69. The van der Waals surface area contributed by atoms with Crippen molar-refractivity contribution in [3.63, 3.8) is 0 Å². The minimum Gasteiger partial charge on any atom is -0.390 e. The minimum atomic E-state index is -0.447. The van der Waals surface area contributed by atoms with E-state index in [1.807, 2.05) is 0 Å². The van der Waals surface area contributed by atoms with Crippen molar-refractivity contribution >= 4 is 0 Å². The average Bonchev–Trinajstić information content (AvgIpc) is 2.91. The van der Waals surface area contributed by atoms with Gasteiger partial charge in [-0.3, -0.25) is 0 Å². The second-order valence-corrected chi connectivity index (χ2v) is 10.9. The summed E-state index contributed by atoms with van der Waals surface area (Å²) < 4.78 is 0. The predicted molar refractivity (Wildman–Crippen MR) is 101 cm³/mol. The van der Waals surface area contributed by atoms with E-state index in [1.165, 1.54) is 38.5 Å². The number of aliphatic hydroxyl groups is 1. The van der Waals surface area contributed by atoms with E-state index in [4.69, 9.17) is 0 Å². The molecule has 4 aliphatic rings. The van der Waals surface area contributed by atoms with Crippen LogP contribution in [0.3, 0.4) is 0 Å². The molecule has 0 unspecified atom stereocenters. The highest BCUT2D eigenvalue weighted by molar-refractivity contribution is 5.14. The van der Waals surface area contributed by atoms with Gasteiger partial charge >= 0.3 is 0 Å². The summed E-state index contributed by atoms with van der Waals surface area (Å²) in [6.07, 6.45) is 10.8. The second-order valence-electron chi connectivity index (χ2n) is 10.9. The van der Waals surface area contributed by atoms with E-state index in [1.54, 1.807) is 0 Å². The second kappa shape index (κ2) is 5.72. The van der Waals surface area contributed by atoms with Crippen molar-refractivity contribution in [2.75, 3.05) is 0 Å². The van der Waals surface area contributed by atoms with Gasteiger partial charge in [-0.1, -0.05) is 27.2 Å². The molecule has 2 heteroatoms. The lowest BCUT2D eigenvalue weighted by molar-refractivity contribution is -0.165. The molecule has 4 rings (SSSR count). The number of hydrogen-bond acceptors (Lipinski definition) is 2. The third kappa shape index (κ3) is 2.44. The van der Waals surface area contributed by atoms with Gasteiger partial charge in [-0.05, 0) is 98.7 Å². The lowest BCUT2D eigenvalue weighted by atomic mass is 9.41. The van der Waals surface area contributed by atoms with Crippen LogP contribution in [0.25, 0.3) is 0 Å². The zero-order valence-electron chi connectivity index (χ0n) is 16.7. The molecule has 140 valence electrons. The van der Waals surface area contributed by atoms with Crippen molar-refractivity contribution in [2.45, 2.75) is 91.1 Å². The van der Waals surface area contributed by atoms with Crippen LogP contribution >= 0.6 is 0 Å². The normalized spacial score (nSPS) is 57.9. The summed E-state index contributed by atoms with van der Waals surface area (Å²) >= 11 is 0. The molecule has 0 heterocycles. The van der Waals surface area contributed by atoms with E-state index in [9.17, 15) is 10.4 Å². The quantitative estimate of drug-likeness (QED) is 0.677. The van der Waals surface area contributed by atoms with Gasteiger partial charge in [-0.2, -0.15) is 5.26 Å². The van der Waals surface area contributed by atoms with E-state index in [0.29, 0.717) is 11.3 Å². The van der Waals surface area contributed by atoms with Crippen molar-refractivity contribution in [3.8, 4) is 6.07 Å². The van der Waals surface area contributed by atoms with Gasteiger partial charge in [0.2, 0.25) is 0 Å². The van der Waals surface area contributed by atoms with E-state index in [2.05, 4.69) is 33.8 Å². The highest BCUT2D eigenvalue weighted by atomic mass is 16.3. The van der Waals surface area contributed by atoms with E-state index < -0.39 is 5.60 Å². The Morgan fingerprint density at radius 1 is 1.00 bits per heavy atom.